The minimum Gasteiger partial charge on any atom is -0.481 e. The number of hydrogen-bond acceptors (Lipinski definition) is 5. The largest absolute Gasteiger partial charge is 0.481 e. The second kappa shape index (κ2) is 9.09. The lowest BCUT2D eigenvalue weighted by molar-refractivity contribution is -0.137. The molecule has 2 N–H and O–H groups in total. The van der Waals surface area contributed by atoms with E-state index in [1.54, 1.807) is 24.3 Å². The van der Waals surface area contributed by atoms with Gasteiger partial charge in [0.25, 0.3) is 0 Å². The first-order chi connectivity index (χ1) is 13.9. The van der Waals surface area contributed by atoms with Gasteiger partial charge < -0.3 is 14.9 Å². The fourth-order valence-electron chi connectivity index (χ4n) is 2.82. The first kappa shape index (κ1) is 20.2. The number of benzene rings is 2. The maximum Gasteiger partial charge on any atom is 0.305 e. The summed E-state index contributed by atoms with van der Waals surface area (Å²) in [6.07, 6.45) is -0.0470. The van der Waals surface area contributed by atoms with E-state index in [-0.39, 0.29) is 42.4 Å². The van der Waals surface area contributed by atoms with Crippen LogP contribution in [-0.2, 0) is 16.0 Å². The van der Waals surface area contributed by atoms with Gasteiger partial charge in [-0.05, 0) is 24.6 Å². The molecule has 0 aliphatic rings. The third-order valence-corrected chi connectivity index (χ3v) is 4.34. The van der Waals surface area contributed by atoms with Crippen LogP contribution >= 0.6 is 0 Å². The number of carbonyl (C=O) groups is 2. The molecule has 1 unspecified atom stereocenters. The molecule has 2 aromatic carbocycles. The molecule has 1 atom stereocenters. The van der Waals surface area contributed by atoms with Crippen molar-refractivity contribution in [2.24, 2.45) is 0 Å². The first-order valence-corrected chi connectivity index (χ1v) is 9.07. The number of carboxylic acid groups (broad SMARTS) is 1. The fourth-order valence-corrected chi connectivity index (χ4v) is 2.82. The smallest absolute Gasteiger partial charge is 0.305 e. The van der Waals surface area contributed by atoms with Crippen molar-refractivity contribution >= 4 is 11.9 Å². The highest BCUT2D eigenvalue weighted by Crippen LogP contribution is 2.20. The van der Waals surface area contributed by atoms with Crippen molar-refractivity contribution in [1.29, 1.82) is 0 Å². The van der Waals surface area contributed by atoms with E-state index in [1.165, 1.54) is 12.1 Å². The number of aryl methyl sites for hydroxylation is 2. The normalized spacial score (nSPS) is 11.8. The van der Waals surface area contributed by atoms with Crippen LogP contribution in [0, 0.1) is 12.7 Å². The summed E-state index contributed by atoms with van der Waals surface area (Å²) in [4.78, 5) is 27.6. The molecule has 7 nitrogen and oxygen atoms in total. The third-order valence-electron chi connectivity index (χ3n) is 4.34. The number of carboxylic acids is 1. The molecule has 0 radical (unpaired) electrons. The molecular formula is C21H20FN3O4. The molecule has 0 saturated carbocycles. The number of nitrogens with one attached hydrogen (secondary N) is 1. The zero-order chi connectivity index (χ0) is 20.8. The Morgan fingerprint density at radius 3 is 2.59 bits per heavy atom. The standard InChI is InChI=1S/C21H20FN3O4/c1-13-6-8-14(9-7-13)17(12-20(27)28)23-18(26)10-11-19-24-21(25-29-19)15-4-2-3-5-16(15)22/h2-9,17H,10-12H2,1H3,(H,23,26)(H,27,28). The van der Waals surface area contributed by atoms with Crippen molar-refractivity contribution < 1.29 is 23.6 Å². The van der Waals surface area contributed by atoms with Crippen LogP contribution in [0.15, 0.2) is 53.1 Å². The van der Waals surface area contributed by atoms with Crippen LogP contribution in [0.5, 0.6) is 0 Å². The Morgan fingerprint density at radius 1 is 1.17 bits per heavy atom. The van der Waals surface area contributed by atoms with E-state index in [9.17, 15) is 14.0 Å². The van der Waals surface area contributed by atoms with Gasteiger partial charge in [0.05, 0.1) is 18.0 Å². The van der Waals surface area contributed by atoms with Crippen LogP contribution in [0.2, 0.25) is 0 Å². The van der Waals surface area contributed by atoms with Gasteiger partial charge >= 0.3 is 5.97 Å². The van der Waals surface area contributed by atoms with Crippen molar-refractivity contribution in [3.8, 4) is 11.4 Å². The Labute approximate surface area is 166 Å². The molecule has 0 saturated heterocycles. The Kier molecular flexibility index (Phi) is 6.33. The van der Waals surface area contributed by atoms with E-state index in [1.807, 2.05) is 19.1 Å². The molecule has 0 aliphatic carbocycles. The summed E-state index contributed by atoms with van der Waals surface area (Å²) < 4.78 is 18.9. The number of aromatic nitrogens is 2. The number of amides is 1. The van der Waals surface area contributed by atoms with E-state index in [2.05, 4.69) is 15.5 Å². The Balaban J connectivity index is 1.61. The van der Waals surface area contributed by atoms with Crippen molar-refractivity contribution in [1.82, 2.24) is 15.5 Å². The van der Waals surface area contributed by atoms with Crippen LogP contribution in [0.3, 0.4) is 0 Å². The van der Waals surface area contributed by atoms with E-state index in [0.29, 0.717) is 5.56 Å². The number of rotatable bonds is 8. The number of carbonyl (C=O) groups excluding carboxylic acids is 1. The molecule has 0 aliphatic heterocycles. The minimum atomic E-state index is -1.01. The topological polar surface area (TPSA) is 105 Å². The molecule has 29 heavy (non-hydrogen) atoms. The second-order valence-corrected chi connectivity index (χ2v) is 6.62. The van der Waals surface area contributed by atoms with Crippen molar-refractivity contribution in [2.75, 3.05) is 0 Å². The number of nitrogens with zero attached hydrogens (tertiary/aromatic N) is 2. The molecule has 150 valence electrons. The number of halogens is 1. The van der Waals surface area contributed by atoms with Gasteiger partial charge in [-0.15, -0.1) is 0 Å². The van der Waals surface area contributed by atoms with Gasteiger partial charge in [-0.3, -0.25) is 9.59 Å². The lowest BCUT2D eigenvalue weighted by Crippen LogP contribution is -2.30. The highest BCUT2D eigenvalue weighted by atomic mass is 19.1. The predicted octanol–water partition coefficient (Wildman–Crippen LogP) is 3.45. The summed E-state index contributed by atoms with van der Waals surface area (Å²) in [6.45, 7) is 1.93. The highest BCUT2D eigenvalue weighted by molar-refractivity contribution is 5.78. The molecule has 1 amide bonds. The van der Waals surface area contributed by atoms with Gasteiger partial charge in [0.15, 0.2) is 0 Å². The van der Waals surface area contributed by atoms with Gasteiger partial charge in [-0.1, -0.05) is 47.1 Å². The first-order valence-electron chi connectivity index (χ1n) is 9.07. The van der Waals surface area contributed by atoms with Gasteiger partial charge in [-0.2, -0.15) is 4.98 Å². The highest BCUT2D eigenvalue weighted by Gasteiger charge is 2.19. The van der Waals surface area contributed by atoms with Crippen molar-refractivity contribution in [2.45, 2.75) is 32.2 Å². The monoisotopic (exact) mass is 397 g/mol. The van der Waals surface area contributed by atoms with Gasteiger partial charge in [0.2, 0.25) is 17.6 Å². The summed E-state index contributed by atoms with van der Waals surface area (Å²) in [5, 5.41) is 15.6. The molecule has 8 heteroatoms. The van der Waals surface area contributed by atoms with E-state index in [0.717, 1.165) is 5.56 Å². The molecule has 1 heterocycles. The van der Waals surface area contributed by atoms with Crippen LogP contribution < -0.4 is 5.32 Å². The predicted molar refractivity (Wildman–Crippen MR) is 102 cm³/mol. The third kappa shape index (κ3) is 5.47. The van der Waals surface area contributed by atoms with E-state index < -0.39 is 17.8 Å². The SMILES string of the molecule is Cc1ccc(C(CC(=O)O)NC(=O)CCc2nc(-c3ccccc3F)no2)cc1. The van der Waals surface area contributed by atoms with Gasteiger partial charge in [-0.25, -0.2) is 4.39 Å². The lowest BCUT2D eigenvalue weighted by Gasteiger charge is -2.17. The van der Waals surface area contributed by atoms with Gasteiger partial charge in [0, 0.05) is 12.8 Å². The number of aliphatic carboxylic acids is 1. The molecule has 3 rings (SSSR count). The van der Waals surface area contributed by atoms with Gasteiger partial charge in [0.1, 0.15) is 5.82 Å². The Bertz CT molecular complexity index is 1000. The summed E-state index contributed by atoms with van der Waals surface area (Å²) >= 11 is 0. The molecule has 1 aromatic heterocycles. The van der Waals surface area contributed by atoms with E-state index in [4.69, 9.17) is 9.63 Å². The van der Waals surface area contributed by atoms with E-state index >= 15 is 0 Å². The quantitative estimate of drug-likeness (QED) is 0.603. The Hall–Kier alpha value is -3.55. The van der Waals surface area contributed by atoms with Crippen molar-refractivity contribution in [3.05, 3.63) is 71.4 Å². The molecule has 0 fully saturated rings. The minimum absolute atomic E-state index is 0.0287. The second-order valence-electron chi connectivity index (χ2n) is 6.62. The van der Waals surface area contributed by atoms with Crippen molar-refractivity contribution in [3.63, 3.8) is 0 Å². The summed E-state index contributed by atoms with van der Waals surface area (Å²) in [5.41, 5.74) is 1.97. The Morgan fingerprint density at radius 2 is 1.90 bits per heavy atom. The fraction of sp³-hybridized carbons (Fsp3) is 0.238. The summed E-state index contributed by atoms with van der Waals surface area (Å²) in [5.74, 6) is -1.51. The molecule has 0 bridgehead atoms. The summed E-state index contributed by atoms with van der Waals surface area (Å²) in [6, 6.07) is 12.7. The zero-order valence-electron chi connectivity index (χ0n) is 15.8. The number of hydrogen-bond donors (Lipinski definition) is 2. The van der Waals surface area contributed by atoms with Crippen LogP contribution in [0.4, 0.5) is 4.39 Å². The van der Waals surface area contributed by atoms with Crippen LogP contribution in [0.25, 0.3) is 11.4 Å². The average molecular weight is 397 g/mol. The van der Waals surface area contributed by atoms with Crippen LogP contribution in [-0.4, -0.2) is 27.1 Å². The zero-order valence-corrected chi connectivity index (χ0v) is 15.8. The molecule has 0 spiro atoms. The average Bonchev–Trinajstić information content (AvgIpc) is 3.15. The van der Waals surface area contributed by atoms with Crippen LogP contribution in [0.1, 0.15) is 35.9 Å². The lowest BCUT2D eigenvalue weighted by atomic mass is 10.0. The maximum atomic E-state index is 13.8. The molecular weight excluding hydrogens is 377 g/mol. The maximum absolute atomic E-state index is 13.8. The molecule has 3 aromatic rings. The summed E-state index contributed by atoms with van der Waals surface area (Å²) in [7, 11) is 0.